The number of aliphatic imine (C=N–C) groups is 2. The summed E-state index contributed by atoms with van der Waals surface area (Å²) in [5, 5.41) is 4.51. The number of nitrogens with one attached hydrogen (secondary N) is 1. The van der Waals surface area contributed by atoms with Crippen LogP contribution in [-0.2, 0) is 15.3 Å². The van der Waals surface area contributed by atoms with Crippen LogP contribution in [0.2, 0.25) is 5.02 Å². The summed E-state index contributed by atoms with van der Waals surface area (Å²) in [4.78, 5) is 36.9. The summed E-state index contributed by atoms with van der Waals surface area (Å²) >= 11 is 7.55. The molecule has 0 bridgehead atoms. The number of amides is 2. The molecule has 1 saturated carbocycles. The number of thioether (sulfide) groups is 1. The molecule has 170 valence electrons. The molecule has 0 aromatic heterocycles. The summed E-state index contributed by atoms with van der Waals surface area (Å²) in [5.74, 6) is 0.856. The van der Waals surface area contributed by atoms with Gasteiger partial charge < -0.3 is 5.32 Å². The molecule has 2 amide bonds. The highest BCUT2D eigenvalue weighted by atomic mass is 35.5. The zero-order chi connectivity index (χ0) is 22.8. The zero-order valence-electron chi connectivity index (χ0n) is 18.2. The third-order valence-corrected chi connectivity index (χ3v) is 7.51. The minimum absolute atomic E-state index is 0.0744. The number of benzene rings is 2. The highest BCUT2D eigenvalue weighted by molar-refractivity contribution is 8.13. The minimum Gasteiger partial charge on any atom is -0.353 e. The van der Waals surface area contributed by atoms with Gasteiger partial charge in [0, 0.05) is 22.4 Å². The Labute approximate surface area is 202 Å². The zero-order valence-corrected chi connectivity index (χ0v) is 19.7. The fourth-order valence-electron chi connectivity index (χ4n) is 4.54. The highest BCUT2D eigenvalue weighted by Gasteiger charge is 2.42. The van der Waals surface area contributed by atoms with Crippen molar-refractivity contribution in [3.8, 4) is 0 Å². The van der Waals surface area contributed by atoms with E-state index in [1.54, 1.807) is 0 Å². The summed E-state index contributed by atoms with van der Waals surface area (Å²) in [7, 11) is 0. The van der Waals surface area contributed by atoms with Gasteiger partial charge >= 0.3 is 0 Å². The third-order valence-electron chi connectivity index (χ3n) is 6.24. The average Bonchev–Trinajstić information content (AvgIpc) is 3.15. The third kappa shape index (κ3) is 4.84. The number of rotatable bonds is 5. The van der Waals surface area contributed by atoms with E-state index in [-0.39, 0.29) is 24.3 Å². The lowest BCUT2D eigenvalue weighted by molar-refractivity contribution is -0.127. The van der Waals surface area contributed by atoms with Gasteiger partial charge in [-0.25, -0.2) is 4.99 Å². The molecule has 0 spiro atoms. The van der Waals surface area contributed by atoms with E-state index in [1.165, 1.54) is 18.2 Å². The van der Waals surface area contributed by atoms with Crippen molar-refractivity contribution in [1.29, 1.82) is 0 Å². The van der Waals surface area contributed by atoms with E-state index in [0.29, 0.717) is 21.8 Å². The largest absolute Gasteiger partial charge is 0.353 e. The maximum absolute atomic E-state index is 12.9. The molecule has 1 aliphatic carbocycles. The molecule has 2 aliphatic heterocycles. The van der Waals surface area contributed by atoms with Gasteiger partial charge in [-0.1, -0.05) is 66.9 Å². The van der Waals surface area contributed by atoms with Gasteiger partial charge in [0.05, 0.1) is 12.1 Å². The predicted molar refractivity (Wildman–Crippen MR) is 133 cm³/mol. The van der Waals surface area contributed by atoms with Crippen LogP contribution in [-0.4, -0.2) is 39.8 Å². The normalized spacial score (nSPS) is 20.1. The summed E-state index contributed by atoms with van der Waals surface area (Å²) in [5.41, 5.74) is 2.70. The number of hydrogen-bond acceptors (Lipinski definition) is 5. The van der Waals surface area contributed by atoms with Crippen molar-refractivity contribution in [3.63, 3.8) is 0 Å². The van der Waals surface area contributed by atoms with Crippen molar-refractivity contribution < 1.29 is 9.59 Å². The summed E-state index contributed by atoms with van der Waals surface area (Å²) in [6, 6.07) is 14.9. The molecule has 2 aromatic rings. The number of amidine groups is 2. The first kappa shape index (κ1) is 22.2. The molecule has 0 saturated heterocycles. The number of nitrogens with zero attached hydrogens (tertiary/aromatic N) is 3. The lowest BCUT2D eigenvalue weighted by Gasteiger charge is -2.31. The number of carbonyl (C=O) groups excluding carboxylic acids is 2. The average molecular weight is 481 g/mol. The van der Waals surface area contributed by atoms with Gasteiger partial charge in [0.2, 0.25) is 5.91 Å². The van der Waals surface area contributed by atoms with Crippen LogP contribution in [0, 0.1) is 0 Å². The molecule has 2 heterocycles. The van der Waals surface area contributed by atoms with Crippen LogP contribution in [0.4, 0.5) is 5.69 Å². The van der Waals surface area contributed by atoms with Crippen molar-refractivity contribution in [2.75, 3.05) is 0 Å². The quantitative estimate of drug-likeness (QED) is 0.648. The molecule has 1 atom stereocenters. The summed E-state index contributed by atoms with van der Waals surface area (Å²) < 4.78 is 0. The molecule has 1 fully saturated rings. The van der Waals surface area contributed by atoms with Crippen LogP contribution in [0.15, 0.2) is 58.5 Å². The molecule has 5 rings (SSSR count). The number of halogens is 1. The summed E-state index contributed by atoms with van der Waals surface area (Å²) in [6.07, 6.45) is 5.59. The van der Waals surface area contributed by atoms with Gasteiger partial charge in [0.15, 0.2) is 5.17 Å². The number of carbonyl (C=O) groups is 2. The monoisotopic (exact) mass is 480 g/mol. The van der Waals surface area contributed by atoms with Gasteiger partial charge in [-0.2, -0.15) is 4.99 Å². The Hall–Kier alpha value is -2.64. The van der Waals surface area contributed by atoms with Crippen molar-refractivity contribution >= 4 is 51.9 Å². The number of para-hydroxylation sites is 1. The lowest BCUT2D eigenvalue weighted by atomic mass is 9.95. The molecule has 1 unspecified atom stereocenters. The summed E-state index contributed by atoms with van der Waals surface area (Å²) in [6.45, 7) is 0. The van der Waals surface area contributed by atoms with Gasteiger partial charge in [-0.15, -0.1) is 0 Å². The fraction of sp³-hybridized carbons (Fsp3) is 0.360. The van der Waals surface area contributed by atoms with Gasteiger partial charge in [0.25, 0.3) is 5.91 Å². The van der Waals surface area contributed by atoms with E-state index in [1.807, 2.05) is 53.4 Å². The molecule has 8 heteroatoms. The van der Waals surface area contributed by atoms with Crippen molar-refractivity contribution in [1.82, 2.24) is 10.2 Å². The first-order chi connectivity index (χ1) is 16.1. The Morgan fingerprint density at radius 3 is 2.61 bits per heavy atom. The molecule has 6 nitrogen and oxygen atoms in total. The van der Waals surface area contributed by atoms with Gasteiger partial charge in [0.1, 0.15) is 11.9 Å². The molecule has 33 heavy (non-hydrogen) atoms. The second-order valence-corrected chi connectivity index (χ2v) is 9.97. The topological polar surface area (TPSA) is 74.1 Å². The molecular formula is C25H25ClN4O2S. The van der Waals surface area contributed by atoms with Crippen LogP contribution in [0.5, 0.6) is 0 Å². The molecule has 1 N–H and O–H groups in total. The Morgan fingerprint density at radius 2 is 1.82 bits per heavy atom. The first-order valence-electron chi connectivity index (χ1n) is 11.3. The number of hydrogen-bond donors (Lipinski definition) is 1. The second kappa shape index (κ2) is 9.69. The van der Waals surface area contributed by atoms with Crippen molar-refractivity contribution in [2.45, 2.75) is 56.4 Å². The lowest BCUT2D eigenvalue weighted by Crippen LogP contribution is -2.47. The van der Waals surface area contributed by atoms with E-state index < -0.39 is 6.04 Å². The Balaban J connectivity index is 1.37. The molecule has 3 aliphatic rings. The van der Waals surface area contributed by atoms with Crippen LogP contribution < -0.4 is 5.32 Å². The molecular weight excluding hydrogens is 456 g/mol. The van der Waals surface area contributed by atoms with Crippen LogP contribution in [0.3, 0.4) is 0 Å². The van der Waals surface area contributed by atoms with Crippen LogP contribution in [0.25, 0.3) is 0 Å². The SMILES string of the molecule is O=C(CC1C(=O)N=C2c3ccccc3N=C(SCc3ccc(Cl)cc3)N21)NC1CCCCC1. The van der Waals surface area contributed by atoms with Gasteiger partial charge in [-0.3, -0.25) is 14.5 Å². The van der Waals surface area contributed by atoms with E-state index in [0.717, 1.165) is 42.5 Å². The van der Waals surface area contributed by atoms with E-state index in [2.05, 4.69) is 10.3 Å². The second-order valence-electron chi connectivity index (χ2n) is 8.59. The Kier molecular flexibility index (Phi) is 6.51. The smallest absolute Gasteiger partial charge is 0.271 e. The van der Waals surface area contributed by atoms with Gasteiger partial charge in [-0.05, 0) is 42.7 Å². The maximum Gasteiger partial charge on any atom is 0.271 e. The Bertz CT molecular complexity index is 1130. The van der Waals surface area contributed by atoms with Crippen LogP contribution in [0.1, 0.15) is 49.7 Å². The first-order valence-corrected chi connectivity index (χ1v) is 12.7. The maximum atomic E-state index is 12.9. The number of fused-ring (bicyclic) bond motifs is 3. The van der Waals surface area contributed by atoms with E-state index in [9.17, 15) is 9.59 Å². The van der Waals surface area contributed by atoms with Crippen LogP contribution >= 0.6 is 23.4 Å². The Morgan fingerprint density at radius 1 is 1.06 bits per heavy atom. The van der Waals surface area contributed by atoms with Crippen molar-refractivity contribution in [2.24, 2.45) is 9.98 Å². The molecule has 0 radical (unpaired) electrons. The molecule has 2 aromatic carbocycles. The highest BCUT2D eigenvalue weighted by Crippen LogP contribution is 2.35. The minimum atomic E-state index is -0.673. The predicted octanol–water partition coefficient (Wildman–Crippen LogP) is 5.07. The van der Waals surface area contributed by atoms with E-state index >= 15 is 0 Å². The standard InChI is InChI=1S/C25H25ClN4O2S/c26-17-12-10-16(11-13-17)15-33-25-28-20-9-5-4-8-19(20)23-29-24(32)21(30(23)25)14-22(31)27-18-6-2-1-3-7-18/h4-5,8-13,18,21H,1-3,6-7,14-15H2,(H,27,31). The van der Waals surface area contributed by atoms with Crippen molar-refractivity contribution in [3.05, 3.63) is 64.7 Å². The van der Waals surface area contributed by atoms with E-state index in [4.69, 9.17) is 16.6 Å². The fourth-order valence-corrected chi connectivity index (χ4v) is 5.67.